The minimum Gasteiger partial charge on any atom is -0.481 e. The van der Waals surface area contributed by atoms with Crippen molar-refractivity contribution in [3.63, 3.8) is 0 Å². The largest absolute Gasteiger partial charge is 0.481 e. The second-order valence-electron chi connectivity index (χ2n) is 5.74. The van der Waals surface area contributed by atoms with Crippen LogP contribution in [0.5, 0.6) is 0 Å². The normalized spacial score (nSPS) is 11.6. The molecule has 5 nitrogen and oxygen atoms in total. The number of carboxylic acids is 1. The molecule has 0 saturated carbocycles. The van der Waals surface area contributed by atoms with E-state index in [2.05, 4.69) is 10.1 Å². The third-order valence-corrected chi connectivity index (χ3v) is 3.11. The Bertz CT molecular complexity index is 617. The van der Waals surface area contributed by atoms with E-state index < -0.39 is 11.4 Å². The maximum atomic E-state index is 10.8. The molecule has 0 unspecified atom stereocenters. The van der Waals surface area contributed by atoms with Crippen LogP contribution in [0.25, 0.3) is 11.4 Å². The van der Waals surface area contributed by atoms with E-state index in [1.165, 1.54) is 0 Å². The SMILES string of the molecule is Cc1ccccc1-c1noc(CC(C)(C)CC(=O)O)n1. The van der Waals surface area contributed by atoms with Crippen molar-refractivity contribution in [2.45, 2.75) is 33.6 Å². The van der Waals surface area contributed by atoms with Crippen molar-refractivity contribution in [3.05, 3.63) is 35.7 Å². The van der Waals surface area contributed by atoms with Crippen LogP contribution in [0.2, 0.25) is 0 Å². The molecule has 0 saturated heterocycles. The molecule has 2 aromatic rings. The molecular formula is C15H18N2O3. The molecule has 20 heavy (non-hydrogen) atoms. The lowest BCUT2D eigenvalue weighted by molar-refractivity contribution is -0.139. The molecule has 1 aromatic carbocycles. The van der Waals surface area contributed by atoms with Gasteiger partial charge in [0.05, 0.1) is 6.42 Å². The smallest absolute Gasteiger partial charge is 0.303 e. The highest BCUT2D eigenvalue weighted by Crippen LogP contribution is 2.27. The topological polar surface area (TPSA) is 76.2 Å². The maximum Gasteiger partial charge on any atom is 0.303 e. The van der Waals surface area contributed by atoms with E-state index in [9.17, 15) is 4.79 Å². The number of aliphatic carboxylic acids is 1. The van der Waals surface area contributed by atoms with Gasteiger partial charge < -0.3 is 9.63 Å². The summed E-state index contributed by atoms with van der Waals surface area (Å²) in [5.74, 6) is 0.187. The minimum absolute atomic E-state index is 0.0646. The molecule has 1 N–H and O–H groups in total. The summed E-state index contributed by atoms with van der Waals surface area (Å²) in [7, 11) is 0. The van der Waals surface area contributed by atoms with E-state index in [0.29, 0.717) is 18.1 Å². The summed E-state index contributed by atoms with van der Waals surface area (Å²) in [6.45, 7) is 5.73. The highest BCUT2D eigenvalue weighted by Gasteiger charge is 2.25. The molecule has 0 fully saturated rings. The zero-order valence-electron chi connectivity index (χ0n) is 11.9. The van der Waals surface area contributed by atoms with Crippen molar-refractivity contribution >= 4 is 5.97 Å². The standard InChI is InChI=1S/C15H18N2O3/c1-10-6-4-5-7-11(10)14-16-12(20-17-14)8-15(2,3)9-13(18)19/h4-7H,8-9H2,1-3H3,(H,18,19). The van der Waals surface area contributed by atoms with Crippen LogP contribution in [0.4, 0.5) is 0 Å². The molecular weight excluding hydrogens is 256 g/mol. The summed E-state index contributed by atoms with van der Waals surface area (Å²) in [4.78, 5) is 15.2. The van der Waals surface area contributed by atoms with Gasteiger partial charge in [-0.15, -0.1) is 0 Å². The molecule has 0 spiro atoms. The second-order valence-corrected chi connectivity index (χ2v) is 5.74. The van der Waals surface area contributed by atoms with Crippen LogP contribution in [0.3, 0.4) is 0 Å². The van der Waals surface area contributed by atoms with Gasteiger partial charge in [-0.2, -0.15) is 4.98 Å². The number of nitrogens with zero attached hydrogens (tertiary/aromatic N) is 2. The van der Waals surface area contributed by atoms with Crippen LogP contribution in [0, 0.1) is 12.3 Å². The van der Waals surface area contributed by atoms with Gasteiger partial charge in [-0.25, -0.2) is 0 Å². The van der Waals surface area contributed by atoms with Crippen molar-refractivity contribution in [3.8, 4) is 11.4 Å². The maximum absolute atomic E-state index is 10.8. The van der Waals surface area contributed by atoms with Gasteiger partial charge in [-0.3, -0.25) is 4.79 Å². The lowest BCUT2D eigenvalue weighted by Gasteiger charge is -2.19. The van der Waals surface area contributed by atoms with Gasteiger partial charge in [0.2, 0.25) is 11.7 Å². The zero-order chi connectivity index (χ0) is 14.8. The fourth-order valence-corrected chi connectivity index (χ4v) is 2.14. The minimum atomic E-state index is -0.825. The molecule has 106 valence electrons. The van der Waals surface area contributed by atoms with E-state index in [1.54, 1.807) is 0 Å². The van der Waals surface area contributed by atoms with Crippen molar-refractivity contribution in [1.82, 2.24) is 10.1 Å². The summed E-state index contributed by atoms with van der Waals surface area (Å²) in [6.07, 6.45) is 0.507. The average Bonchev–Trinajstić information content (AvgIpc) is 2.75. The predicted molar refractivity (Wildman–Crippen MR) is 74.2 cm³/mol. The van der Waals surface area contributed by atoms with Gasteiger partial charge in [0.15, 0.2) is 0 Å². The molecule has 0 atom stereocenters. The van der Waals surface area contributed by atoms with Crippen LogP contribution in [0.15, 0.2) is 28.8 Å². The van der Waals surface area contributed by atoms with Crippen LogP contribution in [-0.4, -0.2) is 21.2 Å². The molecule has 0 aliphatic rings. The molecule has 0 bridgehead atoms. The van der Waals surface area contributed by atoms with Crippen molar-refractivity contribution in [2.24, 2.45) is 5.41 Å². The fraction of sp³-hybridized carbons (Fsp3) is 0.400. The third kappa shape index (κ3) is 3.44. The molecule has 1 aromatic heterocycles. The van der Waals surface area contributed by atoms with E-state index in [1.807, 2.05) is 45.0 Å². The second kappa shape index (κ2) is 5.45. The Kier molecular flexibility index (Phi) is 3.88. The van der Waals surface area contributed by atoms with Crippen LogP contribution in [0.1, 0.15) is 31.7 Å². The highest BCUT2D eigenvalue weighted by molar-refractivity contribution is 5.67. The Morgan fingerprint density at radius 2 is 2.05 bits per heavy atom. The van der Waals surface area contributed by atoms with E-state index in [4.69, 9.17) is 9.63 Å². The Balaban J connectivity index is 2.18. The number of carbonyl (C=O) groups is 1. The number of carboxylic acid groups (broad SMARTS) is 1. The Morgan fingerprint density at radius 3 is 2.70 bits per heavy atom. The van der Waals surface area contributed by atoms with Gasteiger partial charge in [-0.05, 0) is 17.9 Å². The van der Waals surface area contributed by atoms with E-state index >= 15 is 0 Å². The molecule has 0 radical (unpaired) electrons. The Morgan fingerprint density at radius 1 is 1.35 bits per heavy atom. The molecule has 0 aliphatic carbocycles. The zero-order valence-corrected chi connectivity index (χ0v) is 11.9. The molecule has 5 heteroatoms. The Hall–Kier alpha value is -2.17. The van der Waals surface area contributed by atoms with Crippen LogP contribution >= 0.6 is 0 Å². The highest BCUT2D eigenvalue weighted by atomic mass is 16.5. The lowest BCUT2D eigenvalue weighted by atomic mass is 9.86. The first kappa shape index (κ1) is 14.2. The first-order chi connectivity index (χ1) is 9.37. The molecule has 2 rings (SSSR count). The fourth-order valence-electron chi connectivity index (χ4n) is 2.14. The van der Waals surface area contributed by atoms with Crippen molar-refractivity contribution < 1.29 is 14.4 Å². The molecule has 1 heterocycles. The molecule has 0 aliphatic heterocycles. The lowest BCUT2D eigenvalue weighted by Crippen LogP contribution is -2.19. The summed E-state index contributed by atoms with van der Waals surface area (Å²) < 4.78 is 5.24. The van der Waals surface area contributed by atoms with Crippen LogP contribution in [-0.2, 0) is 11.2 Å². The number of rotatable bonds is 5. The van der Waals surface area contributed by atoms with Gasteiger partial charge in [0, 0.05) is 12.0 Å². The number of hydrogen-bond acceptors (Lipinski definition) is 4. The predicted octanol–water partition coefficient (Wildman–Crippen LogP) is 3.09. The quantitative estimate of drug-likeness (QED) is 0.906. The van der Waals surface area contributed by atoms with Crippen molar-refractivity contribution in [1.29, 1.82) is 0 Å². The van der Waals surface area contributed by atoms with Crippen LogP contribution < -0.4 is 0 Å². The molecule has 0 amide bonds. The average molecular weight is 274 g/mol. The van der Waals surface area contributed by atoms with Gasteiger partial charge in [0.25, 0.3) is 0 Å². The van der Waals surface area contributed by atoms with Gasteiger partial charge in [0.1, 0.15) is 0 Å². The monoisotopic (exact) mass is 274 g/mol. The summed E-state index contributed by atoms with van der Waals surface area (Å²) in [6, 6.07) is 7.80. The van der Waals surface area contributed by atoms with Gasteiger partial charge in [-0.1, -0.05) is 43.3 Å². The van der Waals surface area contributed by atoms with Gasteiger partial charge >= 0.3 is 5.97 Å². The number of hydrogen-bond donors (Lipinski definition) is 1. The first-order valence-electron chi connectivity index (χ1n) is 6.48. The summed E-state index contributed by atoms with van der Waals surface area (Å²) >= 11 is 0. The third-order valence-electron chi connectivity index (χ3n) is 3.11. The first-order valence-corrected chi connectivity index (χ1v) is 6.48. The summed E-state index contributed by atoms with van der Waals surface area (Å²) in [5, 5.41) is 12.9. The Labute approximate surface area is 117 Å². The number of benzene rings is 1. The number of aromatic nitrogens is 2. The number of aryl methyl sites for hydroxylation is 1. The van der Waals surface area contributed by atoms with E-state index in [-0.39, 0.29) is 6.42 Å². The van der Waals surface area contributed by atoms with Crippen molar-refractivity contribution in [2.75, 3.05) is 0 Å². The van der Waals surface area contributed by atoms with E-state index in [0.717, 1.165) is 11.1 Å². The summed E-state index contributed by atoms with van der Waals surface area (Å²) in [5.41, 5.74) is 1.59.